The zero-order valence-corrected chi connectivity index (χ0v) is 13.5. The van der Waals surface area contributed by atoms with Crippen molar-refractivity contribution in [2.45, 2.75) is 13.5 Å². The third kappa shape index (κ3) is 3.19. The maximum absolute atomic E-state index is 13.6. The lowest BCUT2D eigenvalue weighted by molar-refractivity contribution is -0.118. The molecular weight excluding hydrogens is 323 g/mol. The predicted octanol–water partition coefficient (Wildman–Crippen LogP) is 2.17. The Kier molecular flexibility index (Phi) is 4.19. The Bertz CT molecular complexity index is 1050. The van der Waals surface area contributed by atoms with Gasteiger partial charge in [-0.2, -0.15) is 0 Å². The van der Waals surface area contributed by atoms with Crippen molar-refractivity contribution in [2.24, 2.45) is 5.73 Å². The molecule has 6 heteroatoms. The number of carbonyl (C=O) groups is 2. The van der Waals surface area contributed by atoms with Crippen LogP contribution in [0.5, 0.6) is 0 Å². The average molecular weight is 338 g/mol. The highest BCUT2D eigenvalue weighted by molar-refractivity contribution is 6.10. The number of halogens is 1. The molecule has 0 radical (unpaired) electrons. The van der Waals surface area contributed by atoms with Crippen LogP contribution in [0.1, 0.15) is 21.5 Å². The van der Waals surface area contributed by atoms with E-state index in [1.165, 1.54) is 22.9 Å². The Hall–Kier alpha value is -3.28. The van der Waals surface area contributed by atoms with E-state index in [9.17, 15) is 18.8 Å². The lowest BCUT2D eigenvalue weighted by atomic mass is 10.0. The minimum atomic E-state index is -0.636. The van der Waals surface area contributed by atoms with Crippen LogP contribution in [0.3, 0.4) is 0 Å². The molecule has 0 fully saturated rings. The van der Waals surface area contributed by atoms with Gasteiger partial charge < -0.3 is 10.3 Å². The number of hydrogen-bond donors (Lipinski definition) is 1. The highest BCUT2D eigenvalue weighted by Crippen LogP contribution is 2.16. The molecule has 0 atom stereocenters. The molecule has 1 aromatic heterocycles. The number of hydrogen-bond acceptors (Lipinski definition) is 3. The summed E-state index contributed by atoms with van der Waals surface area (Å²) in [6.07, 6.45) is 1.30. The van der Waals surface area contributed by atoms with Crippen LogP contribution in [0.25, 0.3) is 10.9 Å². The van der Waals surface area contributed by atoms with Crippen molar-refractivity contribution in [3.8, 4) is 0 Å². The Balaban J connectivity index is 2.25. The van der Waals surface area contributed by atoms with Crippen molar-refractivity contribution in [3.63, 3.8) is 0 Å². The summed E-state index contributed by atoms with van der Waals surface area (Å²) >= 11 is 0. The fraction of sp³-hybridized carbons (Fsp3) is 0.105. The van der Waals surface area contributed by atoms with Crippen molar-refractivity contribution in [1.29, 1.82) is 0 Å². The highest BCUT2D eigenvalue weighted by Gasteiger charge is 2.18. The second kappa shape index (κ2) is 6.32. The van der Waals surface area contributed by atoms with E-state index in [0.29, 0.717) is 11.1 Å². The number of pyridine rings is 1. The third-order valence-electron chi connectivity index (χ3n) is 3.93. The number of primary amides is 1. The van der Waals surface area contributed by atoms with Gasteiger partial charge in [0, 0.05) is 17.1 Å². The number of rotatable bonds is 4. The first-order valence-electron chi connectivity index (χ1n) is 7.59. The standard InChI is InChI=1S/C19H15FN2O3/c1-11-2-4-12(5-3-11)18(24)15-9-22(10-17(21)23)16-7-6-13(20)8-14(16)19(15)25/h2-9H,10H2,1H3,(H2,21,23). The van der Waals surface area contributed by atoms with E-state index >= 15 is 0 Å². The molecule has 1 heterocycles. The van der Waals surface area contributed by atoms with Crippen LogP contribution in [0.4, 0.5) is 4.39 Å². The number of nitrogens with two attached hydrogens (primary N) is 1. The van der Waals surface area contributed by atoms with Crippen LogP contribution in [0.15, 0.2) is 53.5 Å². The summed E-state index contributed by atoms with van der Waals surface area (Å²) in [5.74, 6) is -1.73. The van der Waals surface area contributed by atoms with Gasteiger partial charge in [0.25, 0.3) is 0 Å². The lowest BCUT2D eigenvalue weighted by Crippen LogP contribution is -2.24. The first-order valence-corrected chi connectivity index (χ1v) is 7.59. The normalized spacial score (nSPS) is 10.8. The molecule has 3 rings (SSSR count). The summed E-state index contributed by atoms with van der Waals surface area (Å²) in [7, 11) is 0. The molecule has 0 spiro atoms. The van der Waals surface area contributed by atoms with Gasteiger partial charge in [0.2, 0.25) is 11.3 Å². The molecular formula is C19H15FN2O3. The topological polar surface area (TPSA) is 82.2 Å². The number of aromatic nitrogens is 1. The van der Waals surface area contributed by atoms with Gasteiger partial charge in [-0.1, -0.05) is 29.8 Å². The van der Waals surface area contributed by atoms with Crippen molar-refractivity contribution in [3.05, 3.63) is 81.4 Å². The summed E-state index contributed by atoms with van der Waals surface area (Å²) < 4.78 is 15.0. The zero-order valence-electron chi connectivity index (χ0n) is 13.5. The summed E-state index contributed by atoms with van der Waals surface area (Å²) in [6.45, 7) is 1.66. The summed E-state index contributed by atoms with van der Waals surface area (Å²) in [5, 5.41) is 0.0270. The van der Waals surface area contributed by atoms with Gasteiger partial charge in [0.05, 0.1) is 11.1 Å². The smallest absolute Gasteiger partial charge is 0.237 e. The van der Waals surface area contributed by atoms with Gasteiger partial charge in [-0.15, -0.1) is 0 Å². The highest BCUT2D eigenvalue weighted by atomic mass is 19.1. The number of carbonyl (C=O) groups excluding carboxylic acids is 2. The number of benzene rings is 2. The van der Waals surface area contributed by atoms with Crippen LogP contribution in [0, 0.1) is 12.7 Å². The van der Waals surface area contributed by atoms with E-state index in [4.69, 9.17) is 5.73 Å². The molecule has 3 aromatic rings. The molecule has 2 aromatic carbocycles. The molecule has 0 saturated carbocycles. The molecule has 0 aliphatic carbocycles. The zero-order chi connectivity index (χ0) is 18.1. The second-order valence-corrected chi connectivity index (χ2v) is 5.82. The molecule has 0 aliphatic rings. The van der Waals surface area contributed by atoms with Crippen LogP contribution in [-0.4, -0.2) is 16.3 Å². The minimum Gasteiger partial charge on any atom is -0.368 e. The maximum atomic E-state index is 13.6. The average Bonchev–Trinajstić information content (AvgIpc) is 2.57. The first kappa shape index (κ1) is 16.6. The maximum Gasteiger partial charge on any atom is 0.237 e. The van der Waals surface area contributed by atoms with Gasteiger partial charge in [-0.05, 0) is 25.1 Å². The molecule has 5 nitrogen and oxygen atoms in total. The monoisotopic (exact) mass is 338 g/mol. The van der Waals surface area contributed by atoms with Gasteiger partial charge >= 0.3 is 0 Å². The van der Waals surface area contributed by atoms with Crippen LogP contribution >= 0.6 is 0 Å². The van der Waals surface area contributed by atoms with E-state index in [2.05, 4.69) is 0 Å². The molecule has 0 bridgehead atoms. The first-order chi connectivity index (χ1) is 11.9. The molecule has 0 aliphatic heterocycles. The summed E-state index contributed by atoms with van der Waals surface area (Å²) in [4.78, 5) is 36.7. The Morgan fingerprint density at radius 3 is 2.44 bits per heavy atom. The number of fused-ring (bicyclic) bond motifs is 1. The number of nitrogens with zero attached hydrogens (tertiary/aromatic N) is 1. The van der Waals surface area contributed by atoms with Crippen LogP contribution in [0.2, 0.25) is 0 Å². The fourth-order valence-corrected chi connectivity index (χ4v) is 2.69. The SMILES string of the molecule is Cc1ccc(C(=O)c2cn(CC(N)=O)c3ccc(F)cc3c2=O)cc1. The quantitative estimate of drug-likeness (QED) is 0.740. The van der Waals surface area contributed by atoms with E-state index < -0.39 is 22.9 Å². The predicted molar refractivity (Wildman–Crippen MR) is 92.0 cm³/mol. The molecule has 25 heavy (non-hydrogen) atoms. The Morgan fingerprint density at radius 1 is 1.12 bits per heavy atom. The second-order valence-electron chi connectivity index (χ2n) is 5.82. The van der Waals surface area contributed by atoms with Crippen molar-refractivity contribution in [1.82, 2.24) is 4.57 Å². The fourth-order valence-electron chi connectivity index (χ4n) is 2.69. The molecule has 126 valence electrons. The molecule has 1 amide bonds. The largest absolute Gasteiger partial charge is 0.368 e. The number of amides is 1. The van der Waals surface area contributed by atoms with Gasteiger partial charge in [0.1, 0.15) is 12.4 Å². The number of ketones is 1. The Morgan fingerprint density at radius 2 is 1.80 bits per heavy atom. The van der Waals surface area contributed by atoms with Crippen LogP contribution < -0.4 is 11.2 Å². The lowest BCUT2D eigenvalue weighted by Gasteiger charge is -2.12. The van der Waals surface area contributed by atoms with Crippen molar-refractivity contribution in [2.75, 3.05) is 0 Å². The number of aryl methyl sites for hydroxylation is 1. The van der Waals surface area contributed by atoms with Crippen molar-refractivity contribution >= 4 is 22.6 Å². The minimum absolute atomic E-state index is 0.0270. The van der Waals surface area contributed by atoms with Gasteiger partial charge in [-0.25, -0.2) is 4.39 Å². The van der Waals surface area contributed by atoms with E-state index in [1.807, 2.05) is 6.92 Å². The summed E-state index contributed by atoms with van der Waals surface area (Å²) in [6, 6.07) is 10.4. The molecule has 0 unspecified atom stereocenters. The Labute approximate surface area is 142 Å². The van der Waals surface area contributed by atoms with Gasteiger partial charge in [0.15, 0.2) is 5.78 Å². The van der Waals surface area contributed by atoms with E-state index in [0.717, 1.165) is 11.6 Å². The molecule has 0 saturated heterocycles. The molecule has 2 N–H and O–H groups in total. The third-order valence-corrected chi connectivity index (χ3v) is 3.93. The van der Waals surface area contributed by atoms with E-state index in [-0.39, 0.29) is 17.5 Å². The van der Waals surface area contributed by atoms with Crippen LogP contribution in [-0.2, 0) is 11.3 Å². The van der Waals surface area contributed by atoms with Gasteiger partial charge in [-0.3, -0.25) is 14.4 Å². The van der Waals surface area contributed by atoms with E-state index in [1.54, 1.807) is 24.3 Å². The summed E-state index contributed by atoms with van der Waals surface area (Å²) in [5.41, 5.74) is 6.17. The van der Waals surface area contributed by atoms with Crippen molar-refractivity contribution < 1.29 is 14.0 Å².